The van der Waals surface area contributed by atoms with Gasteiger partial charge in [-0.2, -0.15) is 5.10 Å². The van der Waals surface area contributed by atoms with Crippen LogP contribution in [0.4, 0.5) is 0 Å². The van der Waals surface area contributed by atoms with Crippen LogP contribution in [0.25, 0.3) is 0 Å². The maximum absolute atomic E-state index is 12.1. The van der Waals surface area contributed by atoms with Gasteiger partial charge in [0.25, 0.3) is 0 Å². The van der Waals surface area contributed by atoms with Gasteiger partial charge in [0.2, 0.25) is 5.91 Å². The third-order valence-corrected chi connectivity index (χ3v) is 4.48. The van der Waals surface area contributed by atoms with E-state index in [0.717, 1.165) is 44.5 Å². The van der Waals surface area contributed by atoms with E-state index in [1.54, 1.807) is 4.57 Å². The first-order valence-corrected chi connectivity index (χ1v) is 8.35. The third-order valence-electron chi connectivity index (χ3n) is 4.48. The van der Waals surface area contributed by atoms with Crippen molar-refractivity contribution in [1.29, 1.82) is 0 Å². The molecule has 0 atom stereocenters. The minimum Gasteiger partial charge on any atom is -0.354 e. The fourth-order valence-corrected chi connectivity index (χ4v) is 3.24. The zero-order valence-electron chi connectivity index (χ0n) is 13.0. The molecule has 22 heavy (non-hydrogen) atoms. The summed E-state index contributed by atoms with van der Waals surface area (Å²) >= 11 is 0. The molecular formula is C16H24N4O2. The predicted molar refractivity (Wildman–Crippen MR) is 83.6 cm³/mol. The van der Waals surface area contributed by atoms with Gasteiger partial charge in [0.05, 0.1) is 0 Å². The van der Waals surface area contributed by atoms with Crippen molar-refractivity contribution < 1.29 is 4.79 Å². The van der Waals surface area contributed by atoms with Crippen LogP contribution in [0.5, 0.6) is 0 Å². The number of nitrogens with one attached hydrogen (secondary N) is 1. The Labute approximate surface area is 130 Å². The summed E-state index contributed by atoms with van der Waals surface area (Å²) in [6.07, 6.45) is 11.0. The van der Waals surface area contributed by atoms with Crippen molar-refractivity contribution >= 4 is 5.91 Å². The average Bonchev–Trinajstić information content (AvgIpc) is 2.85. The van der Waals surface area contributed by atoms with Gasteiger partial charge in [-0.1, -0.05) is 11.6 Å². The highest BCUT2D eigenvalue weighted by atomic mass is 16.2. The average molecular weight is 304 g/mol. The first-order valence-electron chi connectivity index (χ1n) is 8.35. The summed E-state index contributed by atoms with van der Waals surface area (Å²) in [4.78, 5) is 24.1. The molecule has 6 nitrogen and oxygen atoms in total. The maximum Gasteiger partial charge on any atom is 0.346 e. The van der Waals surface area contributed by atoms with Crippen LogP contribution in [0, 0.1) is 0 Å². The van der Waals surface area contributed by atoms with Crippen LogP contribution in [0.1, 0.15) is 50.8 Å². The summed E-state index contributed by atoms with van der Waals surface area (Å²) in [5, 5.41) is 7.18. The molecular weight excluding hydrogens is 280 g/mol. The molecule has 0 spiro atoms. The summed E-state index contributed by atoms with van der Waals surface area (Å²) < 4.78 is 3.00. The van der Waals surface area contributed by atoms with Crippen molar-refractivity contribution in [2.45, 2.75) is 64.5 Å². The number of rotatable bonds is 5. The van der Waals surface area contributed by atoms with Crippen LogP contribution in [-0.2, 0) is 24.3 Å². The SMILES string of the molecule is O=C(Cn1nc2n(c1=O)CCCC2)NCCC1=CCCCC1. The first-order chi connectivity index (χ1) is 10.7. The molecule has 1 aliphatic carbocycles. The van der Waals surface area contributed by atoms with Crippen molar-refractivity contribution in [2.75, 3.05) is 6.54 Å². The van der Waals surface area contributed by atoms with Crippen LogP contribution in [0.15, 0.2) is 16.4 Å². The van der Waals surface area contributed by atoms with Gasteiger partial charge in [-0.25, -0.2) is 9.48 Å². The topological polar surface area (TPSA) is 68.9 Å². The molecule has 0 unspecified atom stereocenters. The van der Waals surface area contributed by atoms with Gasteiger partial charge in [0.15, 0.2) is 0 Å². The lowest BCUT2D eigenvalue weighted by Gasteiger charge is -2.12. The molecule has 0 bridgehead atoms. The van der Waals surface area contributed by atoms with Crippen molar-refractivity contribution in [3.63, 3.8) is 0 Å². The minimum atomic E-state index is -0.153. The van der Waals surface area contributed by atoms with Gasteiger partial charge in [0, 0.05) is 19.5 Å². The Hall–Kier alpha value is -1.85. The van der Waals surface area contributed by atoms with Crippen molar-refractivity contribution in [2.24, 2.45) is 0 Å². The summed E-state index contributed by atoms with van der Waals surface area (Å²) in [7, 11) is 0. The maximum atomic E-state index is 12.1. The summed E-state index contributed by atoms with van der Waals surface area (Å²) in [5.41, 5.74) is 1.29. The standard InChI is InChI=1S/C16H24N4O2/c21-15(17-10-9-13-6-2-1-3-7-13)12-20-16(22)19-11-5-4-8-14(19)18-20/h6H,1-5,7-12H2,(H,17,21). The fourth-order valence-electron chi connectivity index (χ4n) is 3.24. The van der Waals surface area contributed by atoms with Crippen molar-refractivity contribution in [3.8, 4) is 0 Å². The summed E-state index contributed by atoms with van der Waals surface area (Å²) in [6, 6.07) is 0. The number of allylic oxidation sites excluding steroid dienone is 1. The number of fused-ring (bicyclic) bond motifs is 1. The van der Waals surface area contributed by atoms with E-state index in [2.05, 4.69) is 16.5 Å². The fraction of sp³-hybridized carbons (Fsp3) is 0.688. The largest absolute Gasteiger partial charge is 0.354 e. The molecule has 2 heterocycles. The van der Waals surface area contributed by atoms with Crippen LogP contribution in [-0.4, -0.2) is 26.8 Å². The second-order valence-corrected chi connectivity index (χ2v) is 6.17. The summed E-state index contributed by atoms with van der Waals surface area (Å²) in [6.45, 7) is 1.40. The Kier molecular flexibility index (Phi) is 4.75. The summed E-state index contributed by atoms with van der Waals surface area (Å²) in [5.74, 6) is 0.686. The molecule has 0 saturated carbocycles. The highest BCUT2D eigenvalue weighted by molar-refractivity contribution is 5.75. The molecule has 1 aromatic rings. The van der Waals surface area contributed by atoms with Gasteiger partial charge in [0.1, 0.15) is 12.4 Å². The number of hydrogen-bond donors (Lipinski definition) is 1. The Morgan fingerprint density at radius 3 is 2.86 bits per heavy atom. The second kappa shape index (κ2) is 6.94. The number of aromatic nitrogens is 3. The monoisotopic (exact) mass is 304 g/mol. The molecule has 0 fully saturated rings. The van der Waals surface area contributed by atoms with Crippen LogP contribution >= 0.6 is 0 Å². The van der Waals surface area contributed by atoms with E-state index < -0.39 is 0 Å². The van der Waals surface area contributed by atoms with Crippen molar-refractivity contribution in [3.05, 3.63) is 28.0 Å². The molecule has 0 saturated heterocycles. The highest BCUT2D eigenvalue weighted by Crippen LogP contribution is 2.19. The molecule has 1 amide bonds. The number of aryl methyl sites for hydroxylation is 1. The van der Waals surface area contributed by atoms with E-state index in [1.807, 2.05) is 0 Å². The molecule has 3 rings (SSSR count). The quantitative estimate of drug-likeness (QED) is 0.836. The molecule has 120 valence electrons. The Morgan fingerprint density at radius 2 is 2.09 bits per heavy atom. The van der Waals surface area contributed by atoms with Gasteiger partial charge < -0.3 is 5.32 Å². The number of carbonyl (C=O) groups is 1. The Balaban J connectivity index is 1.50. The van der Waals surface area contributed by atoms with E-state index in [1.165, 1.54) is 29.5 Å². The van der Waals surface area contributed by atoms with Gasteiger partial charge >= 0.3 is 5.69 Å². The van der Waals surface area contributed by atoms with E-state index in [4.69, 9.17) is 0 Å². The minimum absolute atomic E-state index is 0.0257. The molecule has 1 aromatic heterocycles. The van der Waals surface area contributed by atoms with Gasteiger partial charge in [-0.05, 0) is 44.9 Å². The second-order valence-electron chi connectivity index (χ2n) is 6.17. The molecule has 1 aliphatic heterocycles. The van der Waals surface area contributed by atoms with Gasteiger partial charge in [-0.3, -0.25) is 9.36 Å². The number of nitrogens with zero attached hydrogens (tertiary/aromatic N) is 3. The zero-order chi connectivity index (χ0) is 15.4. The van der Waals surface area contributed by atoms with Crippen LogP contribution in [0.2, 0.25) is 0 Å². The lowest BCUT2D eigenvalue weighted by molar-refractivity contribution is -0.121. The van der Waals surface area contributed by atoms with Crippen LogP contribution in [0.3, 0.4) is 0 Å². The zero-order valence-corrected chi connectivity index (χ0v) is 13.0. The number of carbonyl (C=O) groups excluding carboxylic acids is 1. The molecule has 6 heteroatoms. The van der Waals surface area contributed by atoms with E-state index in [9.17, 15) is 9.59 Å². The van der Waals surface area contributed by atoms with Gasteiger partial charge in [-0.15, -0.1) is 0 Å². The normalized spacial score (nSPS) is 17.7. The predicted octanol–water partition coefficient (Wildman–Crippen LogP) is 1.39. The third kappa shape index (κ3) is 3.48. The Bertz CT molecular complexity index is 627. The van der Waals surface area contributed by atoms with E-state index >= 15 is 0 Å². The molecule has 2 aliphatic rings. The number of hydrogen-bond acceptors (Lipinski definition) is 3. The van der Waals surface area contributed by atoms with Crippen molar-refractivity contribution in [1.82, 2.24) is 19.7 Å². The highest BCUT2D eigenvalue weighted by Gasteiger charge is 2.17. The lowest BCUT2D eigenvalue weighted by atomic mass is 9.97. The molecule has 1 N–H and O–H groups in total. The number of amides is 1. The Morgan fingerprint density at radius 1 is 1.23 bits per heavy atom. The van der Waals surface area contributed by atoms with Crippen LogP contribution < -0.4 is 11.0 Å². The van der Waals surface area contributed by atoms with E-state index in [0.29, 0.717) is 6.54 Å². The van der Waals surface area contributed by atoms with E-state index in [-0.39, 0.29) is 18.1 Å². The lowest BCUT2D eigenvalue weighted by Crippen LogP contribution is -2.34. The molecule has 0 radical (unpaired) electrons. The first kappa shape index (κ1) is 15.1. The smallest absolute Gasteiger partial charge is 0.346 e. The molecule has 0 aromatic carbocycles.